The molecule has 0 saturated heterocycles. The topological polar surface area (TPSA) is 55.1 Å². The summed E-state index contributed by atoms with van der Waals surface area (Å²) in [5.74, 6) is 0.467. The molecule has 1 aromatic rings. The number of carbonyl (C=O) groups excluding carboxylic acids is 1. The van der Waals surface area contributed by atoms with Gasteiger partial charge in [-0.2, -0.15) is 0 Å². The summed E-state index contributed by atoms with van der Waals surface area (Å²) in [5.41, 5.74) is 6.45. The van der Waals surface area contributed by atoms with Gasteiger partial charge in [-0.25, -0.2) is 0 Å². The Morgan fingerprint density at radius 3 is 2.88 bits per heavy atom. The van der Waals surface area contributed by atoms with E-state index in [-0.39, 0.29) is 5.91 Å². The van der Waals surface area contributed by atoms with Gasteiger partial charge in [0.1, 0.15) is 0 Å². The summed E-state index contributed by atoms with van der Waals surface area (Å²) in [6.07, 6.45) is 0.952. The number of hydrogen-bond donors (Lipinski definition) is 2. The number of rotatable bonds is 6. The van der Waals surface area contributed by atoms with Gasteiger partial charge < -0.3 is 11.1 Å². The van der Waals surface area contributed by atoms with Crippen LogP contribution in [0.3, 0.4) is 0 Å². The number of halogens is 1. The molecule has 0 aliphatic heterocycles. The van der Waals surface area contributed by atoms with Crippen LogP contribution in [0.25, 0.3) is 0 Å². The van der Waals surface area contributed by atoms with E-state index < -0.39 is 0 Å². The molecule has 1 amide bonds. The van der Waals surface area contributed by atoms with Crippen LogP contribution in [0.2, 0.25) is 5.02 Å². The maximum atomic E-state index is 11.4. The Labute approximate surface area is 111 Å². The minimum atomic E-state index is 0.0517. The van der Waals surface area contributed by atoms with Crippen LogP contribution in [0.15, 0.2) is 23.1 Å². The first kappa shape index (κ1) is 14.4. The minimum absolute atomic E-state index is 0.0517. The van der Waals surface area contributed by atoms with E-state index in [4.69, 9.17) is 17.3 Å². The van der Waals surface area contributed by atoms with E-state index in [2.05, 4.69) is 5.32 Å². The number of thioether (sulfide) groups is 1. The third-order valence-corrected chi connectivity index (χ3v) is 3.53. The first-order valence-corrected chi connectivity index (χ1v) is 6.91. The van der Waals surface area contributed by atoms with Gasteiger partial charge in [-0.1, -0.05) is 24.6 Å². The monoisotopic (exact) mass is 272 g/mol. The van der Waals surface area contributed by atoms with E-state index >= 15 is 0 Å². The molecule has 0 aliphatic carbocycles. The van der Waals surface area contributed by atoms with Crippen molar-refractivity contribution in [1.82, 2.24) is 5.32 Å². The van der Waals surface area contributed by atoms with Gasteiger partial charge in [-0.3, -0.25) is 4.79 Å². The molecule has 1 aromatic carbocycles. The molecular formula is C12H17ClN2OS. The lowest BCUT2D eigenvalue weighted by Gasteiger charge is -2.06. The largest absolute Gasteiger partial charge is 0.355 e. The van der Waals surface area contributed by atoms with Crippen LogP contribution in [-0.2, 0) is 11.3 Å². The number of nitrogens with one attached hydrogen (secondary N) is 1. The molecule has 3 N–H and O–H groups in total. The molecule has 0 saturated carbocycles. The summed E-state index contributed by atoms with van der Waals surface area (Å²) < 4.78 is 0. The van der Waals surface area contributed by atoms with Crippen molar-refractivity contribution in [3.63, 3.8) is 0 Å². The molecule has 17 heavy (non-hydrogen) atoms. The highest BCUT2D eigenvalue weighted by atomic mass is 35.5. The fourth-order valence-electron chi connectivity index (χ4n) is 1.25. The van der Waals surface area contributed by atoms with Crippen LogP contribution >= 0.6 is 23.4 Å². The maximum absolute atomic E-state index is 11.4. The van der Waals surface area contributed by atoms with Crippen molar-refractivity contribution in [3.05, 3.63) is 28.8 Å². The molecule has 0 fully saturated rings. The quantitative estimate of drug-likeness (QED) is 0.782. The lowest BCUT2D eigenvalue weighted by atomic mass is 10.2. The Kier molecular flexibility index (Phi) is 6.40. The Bertz CT molecular complexity index is 385. The van der Waals surface area contributed by atoms with Crippen molar-refractivity contribution in [2.75, 3.05) is 12.3 Å². The summed E-state index contributed by atoms with van der Waals surface area (Å²) in [6, 6.07) is 5.68. The zero-order valence-corrected chi connectivity index (χ0v) is 11.4. The zero-order valence-electron chi connectivity index (χ0n) is 9.83. The lowest BCUT2D eigenvalue weighted by Crippen LogP contribution is -2.25. The lowest BCUT2D eigenvalue weighted by molar-refractivity contribution is -0.118. The number of carbonyl (C=O) groups is 1. The molecule has 0 unspecified atom stereocenters. The highest BCUT2D eigenvalue weighted by Gasteiger charge is 2.04. The van der Waals surface area contributed by atoms with Crippen molar-refractivity contribution in [2.45, 2.75) is 24.8 Å². The van der Waals surface area contributed by atoms with E-state index in [9.17, 15) is 4.79 Å². The molecule has 3 nitrogen and oxygen atoms in total. The first-order chi connectivity index (χ1) is 8.17. The highest BCUT2D eigenvalue weighted by molar-refractivity contribution is 8.00. The molecule has 0 spiro atoms. The van der Waals surface area contributed by atoms with Crippen molar-refractivity contribution < 1.29 is 4.79 Å². The van der Waals surface area contributed by atoms with Crippen LogP contribution in [0.5, 0.6) is 0 Å². The second-order valence-corrected chi connectivity index (χ2v) is 5.05. The van der Waals surface area contributed by atoms with Gasteiger partial charge in [-0.15, -0.1) is 11.8 Å². The summed E-state index contributed by atoms with van der Waals surface area (Å²) >= 11 is 7.51. The smallest absolute Gasteiger partial charge is 0.230 e. The van der Waals surface area contributed by atoms with Crippen molar-refractivity contribution in [2.24, 2.45) is 5.73 Å². The first-order valence-electron chi connectivity index (χ1n) is 5.55. The zero-order chi connectivity index (χ0) is 12.7. The highest BCUT2D eigenvalue weighted by Crippen LogP contribution is 2.24. The van der Waals surface area contributed by atoms with Gasteiger partial charge in [0.05, 0.1) is 5.75 Å². The molecule has 0 atom stereocenters. The Morgan fingerprint density at radius 2 is 2.29 bits per heavy atom. The van der Waals surface area contributed by atoms with E-state index in [0.29, 0.717) is 17.3 Å². The second kappa shape index (κ2) is 7.58. The Morgan fingerprint density at radius 1 is 1.53 bits per heavy atom. The van der Waals surface area contributed by atoms with Gasteiger partial charge in [0.25, 0.3) is 0 Å². The van der Waals surface area contributed by atoms with Crippen molar-refractivity contribution >= 4 is 29.3 Å². The predicted molar refractivity (Wildman–Crippen MR) is 73.4 cm³/mol. The Hall–Kier alpha value is -0.710. The average molecular weight is 273 g/mol. The summed E-state index contributed by atoms with van der Waals surface area (Å²) in [7, 11) is 0. The van der Waals surface area contributed by atoms with Gasteiger partial charge in [0, 0.05) is 23.0 Å². The third kappa shape index (κ3) is 4.98. The van der Waals surface area contributed by atoms with E-state index in [1.54, 1.807) is 0 Å². The molecule has 0 aromatic heterocycles. The maximum Gasteiger partial charge on any atom is 0.230 e. The van der Waals surface area contributed by atoms with Crippen LogP contribution in [0, 0.1) is 0 Å². The predicted octanol–water partition coefficient (Wildman–Crippen LogP) is 2.42. The number of benzene rings is 1. The molecule has 0 aliphatic rings. The van der Waals surface area contributed by atoms with Gasteiger partial charge in [-0.05, 0) is 24.1 Å². The average Bonchev–Trinajstić information content (AvgIpc) is 2.34. The van der Waals surface area contributed by atoms with Crippen LogP contribution < -0.4 is 11.1 Å². The fraction of sp³-hybridized carbons (Fsp3) is 0.417. The summed E-state index contributed by atoms with van der Waals surface area (Å²) in [6.45, 7) is 3.19. The second-order valence-electron chi connectivity index (χ2n) is 3.60. The number of hydrogen-bond acceptors (Lipinski definition) is 3. The molecular weight excluding hydrogens is 256 g/mol. The SMILES string of the molecule is CCCNC(=O)CSc1ccc(CN)c(Cl)c1. The molecule has 1 rings (SSSR count). The van der Waals surface area contributed by atoms with E-state index in [0.717, 1.165) is 23.4 Å². The summed E-state index contributed by atoms with van der Waals surface area (Å²) in [4.78, 5) is 12.4. The number of amides is 1. The molecule has 0 bridgehead atoms. The van der Waals surface area contributed by atoms with Crippen LogP contribution in [-0.4, -0.2) is 18.2 Å². The van der Waals surface area contributed by atoms with E-state index in [1.165, 1.54) is 11.8 Å². The van der Waals surface area contributed by atoms with Gasteiger partial charge >= 0.3 is 0 Å². The number of nitrogens with two attached hydrogens (primary N) is 1. The van der Waals surface area contributed by atoms with E-state index in [1.807, 2.05) is 25.1 Å². The standard InChI is InChI=1S/C12H17ClN2OS/c1-2-5-15-12(16)8-17-10-4-3-9(7-14)11(13)6-10/h3-4,6H,2,5,7-8,14H2,1H3,(H,15,16). The van der Waals surface area contributed by atoms with Crippen molar-refractivity contribution in [3.8, 4) is 0 Å². The van der Waals surface area contributed by atoms with Gasteiger partial charge in [0.15, 0.2) is 0 Å². The summed E-state index contributed by atoms with van der Waals surface area (Å²) in [5, 5.41) is 3.49. The van der Waals surface area contributed by atoms with Crippen molar-refractivity contribution in [1.29, 1.82) is 0 Å². The van der Waals surface area contributed by atoms with Gasteiger partial charge in [0.2, 0.25) is 5.91 Å². The fourth-order valence-corrected chi connectivity index (χ4v) is 2.34. The molecule has 0 heterocycles. The molecule has 0 radical (unpaired) electrons. The van der Waals surface area contributed by atoms with Crippen LogP contribution in [0.1, 0.15) is 18.9 Å². The minimum Gasteiger partial charge on any atom is -0.355 e. The Balaban J connectivity index is 2.47. The van der Waals surface area contributed by atoms with Crippen LogP contribution in [0.4, 0.5) is 0 Å². The third-order valence-electron chi connectivity index (χ3n) is 2.19. The molecule has 5 heteroatoms. The normalized spacial score (nSPS) is 10.3. The molecule has 94 valence electrons.